The van der Waals surface area contributed by atoms with E-state index in [2.05, 4.69) is 29.6 Å². The fourth-order valence-electron chi connectivity index (χ4n) is 2.91. The summed E-state index contributed by atoms with van der Waals surface area (Å²) >= 11 is 0. The number of para-hydroxylation sites is 1. The Bertz CT molecular complexity index is 431. The summed E-state index contributed by atoms with van der Waals surface area (Å²) in [5.41, 5.74) is 1.28. The molecule has 2 aliphatic carbocycles. The minimum atomic E-state index is 0.302. The van der Waals surface area contributed by atoms with Gasteiger partial charge in [-0.2, -0.15) is 0 Å². The smallest absolute Gasteiger partial charge is 0.124 e. The standard InChI is InChI=1S/C17H25NO2/c1-19-15-6-4-7-16(11-15)20-17-8-3-2-5-13(17)12-18-14-9-10-14/h2-3,5,8,14-16,18H,4,6-7,9-12H2,1H3. The molecule has 2 atom stereocenters. The first-order valence-electron chi connectivity index (χ1n) is 7.86. The Kier molecular flexibility index (Phi) is 4.58. The van der Waals surface area contributed by atoms with Crippen molar-refractivity contribution in [2.45, 2.75) is 63.3 Å². The number of ether oxygens (including phenoxy) is 2. The molecule has 2 saturated carbocycles. The zero-order valence-corrected chi connectivity index (χ0v) is 12.3. The molecule has 0 spiro atoms. The molecular formula is C17H25NO2. The second kappa shape index (κ2) is 6.59. The first-order valence-corrected chi connectivity index (χ1v) is 7.86. The largest absolute Gasteiger partial charge is 0.490 e. The highest BCUT2D eigenvalue weighted by atomic mass is 16.5. The molecule has 0 radical (unpaired) electrons. The van der Waals surface area contributed by atoms with Crippen LogP contribution in [0.1, 0.15) is 44.1 Å². The molecule has 0 saturated heterocycles. The van der Waals surface area contributed by atoms with Crippen LogP contribution in [0.2, 0.25) is 0 Å². The van der Waals surface area contributed by atoms with E-state index in [0.29, 0.717) is 12.2 Å². The van der Waals surface area contributed by atoms with Gasteiger partial charge in [0.05, 0.1) is 6.10 Å². The van der Waals surface area contributed by atoms with Gasteiger partial charge in [-0.3, -0.25) is 0 Å². The molecular weight excluding hydrogens is 250 g/mol. The molecule has 0 aliphatic heterocycles. The molecule has 110 valence electrons. The van der Waals surface area contributed by atoms with Crippen LogP contribution in [0.25, 0.3) is 0 Å². The lowest BCUT2D eigenvalue weighted by atomic mass is 9.95. The van der Waals surface area contributed by atoms with Crippen LogP contribution in [0.4, 0.5) is 0 Å². The number of hydrogen-bond acceptors (Lipinski definition) is 3. The third-order valence-electron chi connectivity index (χ3n) is 4.34. The molecule has 20 heavy (non-hydrogen) atoms. The summed E-state index contributed by atoms with van der Waals surface area (Å²) in [5.74, 6) is 1.04. The van der Waals surface area contributed by atoms with Crippen molar-refractivity contribution < 1.29 is 9.47 Å². The molecule has 1 aromatic rings. The average molecular weight is 275 g/mol. The predicted octanol–water partition coefficient (Wildman–Crippen LogP) is 3.28. The second-order valence-electron chi connectivity index (χ2n) is 6.03. The molecule has 0 heterocycles. The van der Waals surface area contributed by atoms with E-state index in [1.807, 2.05) is 0 Å². The SMILES string of the molecule is COC1CCCC(Oc2ccccc2CNC2CC2)C1. The number of rotatable bonds is 6. The highest BCUT2D eigenvalue weighted by molar-refractivity contribution is 5.33. The van der Waals surface area contributed by atoms with E-state index < -0.39 is 0 Å². The van der Waals surface area contributed by atoms with E-state index in [9.17, 15) is 0 Å². The van der Waals surface area contributed by atoms with Crippen LogP contribution in [0.15, 0.2) is 24.3 Å². The van der Waals surface area contributed by atoms with Gasteiger partial charge >= 0.3 is 0 Å². The zero-order chi connectivity index (χ0) is 13.8. The summed E-state index contributed by atoms with van der Waals surface area (Å²) in [7, 11) is 1.81. The topological polar surface area (TPSA) is 30.5 Å². The van der Waals surface area contributed by atoms with Gasteiger partial charge in [-0.25, -0.2) is 0 Å². The maximum absolute atomic E-state index is 6.25. The fraction of sp³-hybridized carbons (Fsp3) is 0.647. The lowest BCUT2D eigenvalue weighted by molar-refractivity contribution is 0.0206. The molecule has 1 N–H and O–H groups in total. The van der Waals surface area contributed by atoms with E-state index >= 15 is 0 Å². The van der Waals surface area contributed by atoms with Gasteiger partial charge < -0.3 is 14.8 Å². The van der Waals surface area contributed by atoms with Crippen LogP contribution >= 0.6 is 0 Å². The summed E-state index contributed by atoms with van der Waals surface area (Å²) in [6, 6.07) is 9.15. The van der Waals surface area contributed by atoms with Gasteiger partial charge in [0.2, 0.25) is 0 Å². The van der Waals surface area contributed by atoms with Crippen molar-refractivity contribution in [2.75, 3.05) is 7.11 Å². The van der Waals surface area contributed by atoms with Gasteiger partial charge in [0.15, 0.2) is 0 Å². The highest BCUT2D eigenvalue weighted by Crippen LogP contribution is 2.28. The normalized spacial score (nSPS) is 26.4. The van der Waals surface area contributed by atoms with Crippen LogP contribution in [0, 0.1) is 0 Å². The number of hydrogen-bond donors (Lipinski definition) is 1. The van der Waals surface area contributed by atoms with Gasteiger partial charge in [0, 0.05) is 31.7 Å². The van der Waals surface area contributed by atoms with Crippen LogP contribution in [0.3, 0.4) is 0 Å². The van der Waals surface area contributed by atoms with Gasteiger partial charge in [-0.1, -0.05) is 18.2 Å². The van der Waals surface area contributed by atoms with Crippen molar-refractivity contribution in [3.63, 3.8) is 0 Å². The quantitative estimate of drug-likeness (QED) is 0.864. The number of benzene rings is 1. The fourth-order valence-corrected chi connectivity index (χ4v) is 2.91. The van der Waals surface area contributed by atoms with Gasteiger partial charge in [-0.05, 0) is 38.2 Å². The summed E-state index contributed by atoms with van der Waals surface area (Å²) in [5, 5.41) is 3.57. The van der Waals surface area contributed by atoms with E-state index in [-0.39, 0.29) is 0 Å². The summed E-state index contributed by atoms with van der Waals surface area (Å²) in [6.45, 7) is 0.918. The van der Waals surface area contributed by atoms with Crippen LogP contribution in [0.5, 0.6) is 5.75 Å². The third kappa shape index (κ3) is 3.74. The predicted molar refractivity (Wildman–Crippen MR) is 80.0 cm³/mol. The maximum atomic E-state index is 6.25. The van der Waals surface area contributed by atoms with Crippen LogP contribution < -0.4 is 10.1 Å². The summed E-state index contributed by atoms with van der Waals surface area (Å²) in [6.07, 6.45) is 7.83. The first kappa shape index (κ1) is 13.9. The van der Waals surface area contributed by atoms with E-state index in [1.165, 1.54) is 31.2 Å². The lowest BCUT2D eigenvalue weighted by Crippen LogP contribution is -2.30. The molecule has 2 fully saturated rings. The molecule has 2 aliphatic rings. The Balaban J connectivity index is 1.60. The van der Waals surface area contributed by atoms with Crippen molar-refractivity contribution >= 4 is 0 Å². The van der Waals surface area contributed by atoms with Gasteiger partial charge in [0.1, 0.15) is 11.9 Å². The highest BCUT2D eigenvalue weighted by Gasteiger charge is 2.24. The minimum absolute atomic E-state index is 0.302. The van der Waals surface area contributed by atoms with E-state index in [0.717, 1.165) is 31.2 Å². The van der Waals surface area contributed by atoms with Crippen molar-refractivity contribution in [3.05, 3.63) is 29.8 Å². The van der Waals surface area contributed by atoms with Crippen molar-refractivity contribution in [2.24, 2.45) is 0 Å². The lowest BCUT2D eigenvalue weighted by Gasteiger charge is -2.29. The van der Waals surface area contributed by atoms with Crippen LogP contribution in [-0.4, -0.2) is 25.4 Å². The zero-order valence-electron chi connectivity index (χ0n) is 12.3. The second-order valence-corrected chi connectivity index (χ2v) is 6.03. The summed E-state index contributed by atoms with van der Waals surface area (Å²) < 4.78 is 11.7. The maximum Gasteiger partial charge on any atom is 0.124 e. The Morgan fingerprint density at radius 3 is 2.70 bits per heavy atom. The number of methoxy groups -OCH3 is 1. The third-order valence-corrected chi connectivity index (χ3v) is 4.34. The average Bonchev–Trinajstić information content (AvgIpc) is 3.31. The van der Waals surface area contributed by atoms with E-state index in [1.54, 1.807) is 7.11 Å². The Hall–Kier alpha value is -1.06. The monoisotopic (exact) mass is 275 g/mol. The molecule has 3 nitrogen and oxygen atoms in total. The van der Waals surface area contributed by atoms with Crippen molar-refractivity contribution in [3.8, 4) is 5.75 Å². The van der Waals surface area contributed by atoms with Crippen molar-refractivity contribution in [1.29, 1.82) is 0 Å². The summed E-state index contributed by atoms with van der Waals surface area (Å²) in [4.78, 5) is 0. The van der Waals surface area contributed by atoms with Crippen molar-refractivity contribution in [1.82, 2.24) is 5.32 Å². The molecule has 2 unspecified atom stereocenters. The van der Waals surface area contributed by atoms with Crippen LogP contribution in [-0.2, 0) is 11.3 Å². The molecule has 3 rings (SSSR count). The Labute approximate surface area is 121 Å². The molecule has 0 bridgehead atoms. The Morgan fingerprint density at radius 2 is 1.90 bits per heavy atom. The first-order chi connectivity index (χ1) is 9.85. The van der Waals surface area contributed by atoms with E-state index in [4.69, 9.17) is 9.47 Å². The minimum Gasteiger partial charge on any atom is -0.490 e. The molecule has 0 amide bonds. The molecule has 1 aromatic carbocycles. The number of nitrogens with one attached hydrogen (secondary N) is 1. The molecule has 0 aromatic heterocycles. The van der Waals surface area contributed by atoms with Gasteiger partial charge in [-0.15, -0.1) is 0 Å². The van der Waals surface area contributed by atoms with Gasteiger partial charge in [0.25, 0.3) is 0 Å². The Morgan fingerprint density at radius 1 is 1.10 bits per heavy atom. The molecule has 3 heteroatoms.